The Morgan fingerprint density at radius 1 is 1.31 bits per heavy atom. The van der Waals surface area contributed by atoms with Crippen molar-refractivity contribution in [2.45, 2.75) is 38.0 Å². The first kappa shape index (κ1) is 18.0. The van der Waals surface area contributed by atoms with Crippen LogP contribution in [-0.4, -0.2) is 31.4 Å². The molecule has 2 aromatic rings. The van der Waals surface area contributed by atoms with Gasteiger partial charge in [-0.3, -0.25) is 9.36 Å². The molecule has 1 aromatic carbocycles. The van der Waals surface area contributed by atoms with Crippen molar-refractivity contribution in [3.63, 3.8) is 0 Å². The first-order valence-corrected chi connectivity index (χ1v) is 8.00. The fourth-order valence-corrected chi connectivity index (χ4v) is 3.02. The van der Waals surface area contributed by atoms with Crippen molar-refractivity contribution < 1.29 is 23.1 Å². The van der Waals surface area contributed by atoms with Crippen LogP contribution in [0.25, 0.3) is 0 Å². The molecule has 0 radical (unpaired) electrons. The quantitative estimate of drug-likeness (QED) is 0.837. The molecule has 0 fully saturated rings. The van der Waals surface area contributed by atoms with Gasteiger partial charge in [0.15, 0.2) is 0 Å². The van der Waals surface area contributed by atoms with Crippen LogP contribution in [0, 0.1) is 0 Å². The van der Waals surface area contributed by atoms with Crippen molar-refractivity contribution >= 4 is 5.91 Å². The van der Waals surface area contributed by atoms with Gasteiger partial charge in [0.05, 0.1) is 5.56 Å². The normalized spacial score (nSPS) is 17.5. The largest absolute Gasteiger partial charge is 0.508 e. The molecular formula is C16H17F3N4O3. The van der Waals surface area contributed by atoms with E-state index < -0.39 is 23.4 Å². The lowest BCUT2D eigenvalue weighted by atomic mass is 10.1. The Bertz CT molecular complexity index is 901. The summed E-state index contributed by atoms with van der Waals surface area (Å²) in [6.07, 6.45) is -3.23. The van der Waals surface area contributed by atoms with Gasteiger partial charge in [0.2, 0.25) is 0 Å². The molecule has 1 unspecified atom stereocenters. The summed E-state index contributed by atoms with van der Waals surface area (Å²) in [5.74, 6) is -0.718. The first-order valence-electron chi connectivity index (χ1n) is 8.00. The van der Waals surface area contributed by atoms with Crippen LogP contribution in [0.2, 0.25) is 0 Å². The number of nitrogens with one attached hydrogen (secondary N) is 1. The van der Waals surface area contributed by atoms with Gasteiger partial charge in [-0.15, -0.1) is 0 Å². The zero-order chi connectivity index (χ0) is 19.1. The van der Waals surface area contributed by atoms with Crippen LogP contribution in [-0.2, 0) is 26.2 Å². The molecule has 1 aromatic heterocycles. The molecule has 1 amide bonds. The fraction of sp³-hybridized carbons (Fsp3) is 0.438. The van der Waals surface area contributed by atoms with E-state index in [9.17, 15) is 27.9 Å². The number of rotatable bonds is 2. The van der Waals surface area contributed by atoms with E-state index >= 15 is 0 Å². The van der Waals surface area contributed by atoms with E-state index in [2.05, 4.69) is 10.4 Å². The molecule has 0 bridgehead atoms. The number of aromatic hydroxyl groups is 1. The molecule has 2 heterocycles. The van der Waals surface area contributed by atoms with Crippen LogP contribution in [0.15, 0.2) is 23.0 Å². The van der Waals surface area contributed by atoms with Crippen molar-refractivity contribution in [1.82, 2.24) is 19.7 Å². The number of hydrogen-bond acceptors (Lipinski definition) is 4. The molecule has 0 saturated heterocycles. The number of amides is 1. The van der Waals surface area contributed by atoms with Gasteiger partial charge >= 0.3 is 11.9 Å². The predicted molar refractivity (Wildman–Crippen MR) is 84.8 cm³/mol. The highest BCUT2D eigenvalue weighted by Crippen LogP contribution is 2.32. The number of hydrogen-bond donors (Lipinski definition) is 2. The number of halogens is 3. The molecule has 1 aliphatic heterocycles. The number of phenols is 1. The van der Waals surface area contributed by atoms with Crippen molar-refractivity contribution in [1.29, 1.82) is 0 Å². The number of benzene rings is 1. The molecule has 3 rings (SSSR count). The van der Waals surface area contributed by atoms with Gasteiger partial charge in [0.1, 0.15) is 11.6 Å². The highest BCUT2D eigenvalue weighted by molar-refractivity contribution is 5.95. The fourth-order valence-electron chi connectivity index (χ4n) is 3.02. The van der Waals surface area contributed by atoms with Crippen molar-refractivity contribution in [3.8, 4) is 5.75 Å². The molecule has 10 heteroatoms. The van der Waals surface area contributed by atoms with Gasteiger partial charge in [0.25, 0.3) is 5.91 Å². The molecule has 0 saturated carbocycles. The Morgan fingerprint density at radius 2 is 2.04 bits per heavy atom. The predicted octanol–water partition coefficient (Wildman–Crippen LogP) is 1.44. The summed E-state index contributed by atoms with van der Waals surface area (Å²) < 4.78 is 41.3. The minimum Gasteiger partial charge on any atom is -0.508 e. The van der Waals surface area contributed by atoms with Gasteiger partial charge in [0, 0.05) is 31.6 Å². The number of fused-ring (bicyclic) bond motifs is 1. The van der Waals surface area contributed by atoms with Gasteiger partial charge < -0.3 is 10.4 Å². The molecule has 26 heavy (non-hydrogen) atoms. The average molecular weight is 370 g/mol. The SMILES string of the molecule is Cn1nc2n(c1=O)CCC(NC(=O)c1cc(O)cc(C(F)(F)F)c1)CC2. The number of phenolic OH excluding ortho intramolecular Hbond substituents is 1. The molecule has 7 nitrogen and oxygen atoms in total. The highest BCUT2D eigenvalue weighted by Gasteiger charge is 2.32. The maximum absolute atomic E-state index is 12.8. The van der Waals surface area contributed by atoms with E-state index in [1.807, 2.05) is 0 Å². The van der Waals surface area contributed by atoms with Crippen molar-refractivity contribution in [3.05, 3.63) is 45.6 Å². The van der Waals surface area contributed by atoms with Gasteiger partial charge in [-0.05, 0) is 31.0 Å². The summed E-state index contributed by atoms with van der Waals surface area (Å²) in [5, 5.41) is 16.3. The number of aryl methyl sites for hydroxylation is 2. The summed E-state index contributed by atoms with van der Waals surface area (Å²) in [6, 6.07) is 1.94. The molecule has 0 spiro atoms. The number of nitrogens with zero attached hydrogens (tertiary/aromatic N) is 3. The summed E-state index contributed by atoms with van der Waals surface area (Å²) in [6.45, 7) is 0.362. The Balaban J connectivity index is 1.73. The molecule has 140 valence electrons. The average Bonchev–Trinajstić information content (AvgIpc) is 2.70. The van der Waals surface area contributed by atoms with Crippen LogP contribution in [0.5, 0.6) is 5.75 Å². The Morgan fingerprint density at radius 3 is 2.73 bits per heavy atom. The molecule has 1 atom stereocenters. The third-order valence-electron chi connectivity index (χ3n) is 4.34. The molecule has 2 N–H and O–H groups in total. The van der Waals surface area contributed by atoms with Gasteiger partial charge in [-0.1, -0.05) is 0 Å². The number of carbonyl (C=O) groups is 1. The van der Waals surface area contributed by atoms with E-state index in [0.717, 1.165) is 6.07 Å². The molecule has 0 aliphatic carbocycles. The third-order valence-corrected chi connectivity index (χ3v) is 4.34. The van der Waals surface area contributed by atoms with Crippen LogP contribution in [0.4, 0.5) is 13.2 Å². The maximum atomic E-state index is 12.8. The Kier molecular flexibility index (Phi) is 4.51. The highest BCUT2D eigenvalue weighted by atomic mass is 19.4. The second-order valence-corrected chi connectivity index (χ2v) is 6.24. The first-order chi connectivity index (χ1) is 12.1. The monoisotopic (exact) mass is 370 g/mol. The minimum atomic E-state index is -4.66. The lowest BCUT2D eigenvalue weighted by Gasteiger charge is -2.17. The van der Waals surface area contributed by atoms with E-state index in [1.165, 1.54) is 9.25 Å². The number of carbonyl (C=O) groups excluding carboxylic acids is 1. The van der Waals surface area contributed by atoms with Crippen LogP contribution in [0.1, 0.15) is 34.6 Å². The smallest absolute Gasteiger partial charge is 0.416 e. The third kappa shape index (κ3) is 3.58. The van der Waals surface area contributed by atoms with E-state index in [-0.39, 0.29) is 17.3 Å². The minimum absolute atomic E-state index is 0.241. The maximum Gasteiger partial charge on any atom is 0.416 e. The van der Waals surface area contributed by atoms with Crippen LogP contribution < -0.4 is 11.0 Å². The lowest BCUT2D eigenvalue weighted by molar-refractivity contribution is -0.137. The van der Waals surface area contributed by atoms with Gasteiger partial charge in [-0.2, -0.15) is 18.3 Å². The lowest BCUT2D eigenvalue weighted by Crippen LogP contribution is -2.35. The standard InChI is InChI=1S/C16H17F3N4O3/c1-22-15(26)23-5-4-11(2-3-13(23)21-22)20-14(25)9-6-10(16(17,18)19)8-12(24)7-9/h6-8,11,24H,2-5H2,1H3,(H,20,25). The summed E-state index contributed by atoms with van der Waals surface area (Å²) in [7, 11) is 1.56. The van der Waals surface area contributed by atoms with Gasteiger partial charge in [-0.25, -0.2) is 9.48 Å². The molecule has 1 aliphatic rings. The second kappa shape index (κ2) is 6.50. The van der Waals surface area contributed by atoms with Crippen LogP contribution >= 0.6 is 0 Å². The number of aromatic nitrogens is 3. The van der Waals surface area contributed by atoms with Crippen molar-refractivity contribution in [2.75, 3.05) is 0 Å². The Hall–Kier alpha value is -2.78. The summed E-state index contributed by atoms with van der Waals surface area (Å²) in [4.78, 5) is 24.2. The van der Waals surface area contributed by atoms with E-state index in [1.54, 1.807) is 7.05 Å². The number of alkyl halides is 3. The van der Waals surface area contributed by atoms with Crippen LogP contribution in [0.3, 0.4) is 0 Å². The topological polar surface area (TPSA) is 89.2 Å². The Labute approximate surface area is 146 Å². The van der Waals surface area contributed by atoms with Crippen molar-refractivity contribution in [2.24, 2.45) is 7.05 Å². The summed E-state index contributed by atoms with van der Waals surface area (Å²) >= 11 is 0. The second-order valence-electron chi connectivity index (χ2n) is 6.24. The van der Waals surface area contributed by atoms with E-state index in [0.29, 0.717) is 43.8 Å². The zero-order valence-corrected chi connectivity index (χ0v) is 13.9. The summed E-state index contributed by atoms with van der Waals surface area (Å²) in [5.41, 5.74) is -1.60. The molecular weight excluding hydrogens is 353 g/mol. The van der Waals surface area contributed by atoms with E-state index in [4.69, 9.17) is 0 Å². The zero-order valence-electron chi connectivity index (χ0n) is 13.9.